The quantitative estimate of drug-likeness (QED) is 0.435. The molecule has 0 radical (unpaired) electrons. The van der Waals surface area contributed by atoms with E-state index in [0.29, 0.717) is 18.1 Å². The number of benzene rings is 2. The molecule has 0 aliphatic rings. The van der Waals surface area contributed by atoms with E-state index in [0.717, 1.165) is 28.5 Å². The normalized spacial score (nSPS) is 11.1. The summed E-state index contributed by atoms with van der Waals surface area (Å²) in [7, 11) is 1.63. The number of hydrogen-bond donors (Lipinski definition) is 0. The highest BCUT2D eigenvalue weighted by molar-refractivity contribution is 7.98. The number of thioether (sulfide) groups is 1. The Labute approximate surface area is 163 Å². The maximum absolute atomic E-state index is 6.07. The van der Waals surface area contributed by atoms with Crippen LogP contribution in [-0.4, -0.2) is 34.5 Å². The molecule has 1 heterocycles. The Kier molecular flexibility index (Phi) is 6.49. The van der Waals surface area contributed by atoms with Crippen LogP contribution in [0.15, 0.2) is 58.8 Å². The molecule has 0 unspecified atom stereocenters. The van der Waals surface area contributed by atoms with E-state index in [2.05, 4.69) is 15.3 Å². The first-order chi connectivity index (χ1) is 13.3. The van der Waals surface area contributed by atoms with Crippen molar-refractivity contribution in [1.82, 2.24) is 14.9 Å². The molecule has 7 heteroatoms. The highest BCUT2D eigenvalue weighted by Crippen LogP contribution is 2.31. The lowest BCUT2D eigenvalue weighted by atomic mass is 10.2. The summed E-state index contributed by atoms with van der Waals surface area (Å²) in [4.78, 5) is 0. The van der Waals surface area contributed by atoms with Gasteiger partial charge >= 0.3 is 0 Å². The molecule has 0 atom stereocenters. The van der Waals surface area contributed by atoms with Crippen LogP contribution in [0, 0.1) is 0 Å². The molecule has 1 aromatic heterocycles. The van der Waals surface area contributed by atoms with Gasteiger partial charge in [0.25, 0.3) is 0 Å². The van der Waals surface area contributed by atoms with Gasteiger partial charge in [-0.25, -0.2) is 0 Å². The second-order valence-corrected chi connectivity index (χ2v) is 6.44. The summed E-state index contributed by atoms with van der Waals surface area (Å²) in [5, 5.41) is 13.7. The zero-order valence-corrected chi connectivity index (χ0v) is 16.4. The summed E-state index contributed by atoms with van der Waals surface area (Å²) in [5.74, 6) is 2.13. The molecule has 6 nitrogen and oxygen atoms in total. The molecule has 0 N–H and O–H groups in total. The fraction of sp³-hybridized carbons (Fsp3) is 0.250. The molecular formula is C20H22N4O2S. The summed E-state index contributed by atoms with van der Waals surface area (Å²) in [5.41, 5.74) is 1.91. The van der Waals surface area contributed by atoms with Crippen molar-refractivity contribution in [2.45, 2.75) is 25.1 Å². The molecular weight excluding hydrogens is 360 g/mol. The Morgan fingerprint density at radius 2 is 1.93 bits per heavy atom. The third kappa shape index (κ3) is 4.49. The topological polar surface area (TPSA) is 61.5 Å². The van der Waals surface area contributed by atoms with Gasteiger partial charge in [-0.2, -0.15) is 9.78 Å². The third-order valence-corrected chi connectivity index (χ3v) is 4.56. The van der Waals surface area contributed by atoms with Gasteiger partial charge in [-0.05, 0) is 24.0 Å². The first-order valence-corrected chi connectivity index (χ1v) is 9.85. The molecule has 0 spiro atoms. The average molecular weight is 382 g/mol. The van der Waals surface area contributed by atoms with Crippen molar-refractivity contribution in [3.63, 3.8) is 0 Å². The number of methoxy groups -OCH3 is 1. The van der Waals surface area contributed by atoms with Gasteiger partial charge in [0.15, 0.2) is 17.3 Å². The largest absolute Gasteiger partial charge is 0.493 e. The number of rotatable bonds is 8. The first kappa shape index (κ1) is 19.0. The van der Waals surface area contributed by atoms with Crippen LogP contribution in [0.2, 0.25) is 0 Å². The van der Waals surface area contributed by atoms with Crippen LogP contribution in [0.1, 0.15) is 23.9 Å². The third-order valence-electron chi connectivity index (χ3n) is 3.94. The van der Waals surface area contributed by atoms with E-state index in [1.807, 2.05) is 61.7 Å². The second kappa shape index (κ2) is 9.23. The van der Waals surface area contributed by atoms with Gasteiger partial charge in [-0.3, -0.25) is 0 Å². The van der Waals surface area contributed by atoms with E-state index in [4.69, 9.17) is 9.47 Å². The van der Waals surface area contributed by atoms with Crippen molar-refractivity contribution < 1.29 is 9.47 Å². The molecule has 27 heavy (non-hydrogen) atoms. The number of aromatic nitrogens is 3. The minimum Gasteiger partial charge on any atom is -0.493 e. The standard InChI is InChI=1S/C20H22N4O2S/c1-4-18-22-23-20(27-3)24(18)21-13-16-11-8-12-17(25-2)19(16)26-14-15-9-6-5-7-10-15/h5-13H,4,14H2,1-3H3/b21-13-. The fourth-order valence-electron chi connectivity index (χ4n) is 2.56. The Hall–Kier alpha value is -2.80. The Balaban J connectivity index is 1.90. The summed E-state index contributed by atoms with van der Waals surface area (Å²) >= 11 is 1.51. The van der Waals surface area contributed by atoms with Crippen LogP contribution < -0.4 is 9.47 Å². The molecule has 0 aliphatic carbocycles. The van der Waals surface area contributed by atoms with Gasteiger partial charge < -0.3 is 9.47 Å². The van der Waals surface area contributed by atoms with E-state index in [-0.39, 0.29) is 0 Å². The average Bonchev–Trinajstić information content (AvgIpc) is 3.13. The van der Waals surface area contributed by atoms with Crippen LogP contribution in [-0.2, 0) is 13.0 Å². The van der Waals surface area contributed by atoms with Gasteiger partial charge in [0.1, 0.15) is 6.61 Å². The number of aryl methyl sites for hydroxylation is 1. The van der Waals surface area contributed by atoms with E-state index in [1.165, 1.54) is 11.8 Å². The van der Waals surface area contributed by atoms with Gasteiger partial charge in [0, 0.05) is 12.0 Å². The number of nitrogens with zero attached hydrogens (tertiary/aromatic N) is 4. The highest BCUT2D eigenvalue weighted by Gasteiger charge is 2.12. The lowest BCUT2D eigenvalue weighted by Gasteiger charge is -2.13. The molecule has 0 bridgehead atoms. The maximum Gasteiger partial charge on any atom is 0.211 e. The van der Waals surface area contributed by atoms with Crippen molar-refractivity contribution in [2.24, 2.45) is 5.10 Å². The zero-order chi connectivity index (χ0) is 19.1. The summed E-state index contributed by atoms with van der Waals surface area (Å²) in [6, 6.07) is 15.8. The maximum atomic E-state index is 6.07. The number of ether oxygens (including phenoxy) is 2. The van der Waals surface area contributed by atoms with Gasteiger partial charge in [0.05, 0.1) is 13.3 Å². The first-order valence-electron chi connectivity index (χ1n) is 8.63. The predicted molar refractivity (Wildman–Crippen MR) is 108 cm³/mol. The van der Waals surface area contributed by atoms with Gasteiger partial charge in [0.2, 0.25) is 5.16 Å². The minimum atomic E-state index is 0.449. The van der Waals surface area contributed by atoms with Crippen LogP contribution >= 0.6 is 11.8 Å². The smallest absolute Gasteiger partial charge is 0.211 e. The molecule has 3 rings (SSSR count). The molecule has 2 aromatic carbocycles. The van der Waals surface area contributed by atoms with Crippen molar-refractivity contribution in [1.29, 1.82) is 0 Å². The lowest BCUT2D eigenvalue weighted by Crippen LogP contribution is -2.02. The molecule has 140 valence electrons. The van der Waals surface area contributed by atoms with E-state index in [1.54, 1.807) is 18.0 Å². The van der Waals surface area contributed by atoms with Crippen molar-refractivity contribution in [2.75, 3.05) is 13.4 Å². The van der Waals surface area contributed by atoms with Crippen molar-refractivity contribution in [3.8, 4) is 11.5 Å². The van der Waals surface area contributed by atoms with Crippen LogP contribution in [0.4, 0.5) is 0 Å². The highest BCUT2D eigenvalue weighted by atomic mass is 32.2. The van der Waals surface area contributed by atoms with E-state index >= 15 is 0 Å². The molecule has 3 aromatic rings. The number of hydrogen-bond acceptors (Lipinski definition) is 6. The SMILES string of the molecule is CCc1nnc(SC)n1/N=C\c1cccc(OC)c1OCc1ccccc1. The Morgan fingerprint density at radius 1 is 1.11 bits per heavy atom. The minimum absolute atomic E-state index is 0.449. The lowest BCUT2D eigenvalue weighted by molar-refractivity contribution is 0.284. The molecule has 0 aliphatic heterocycles. The Morgan fingerprint density at radius 3 is 2.63 bits per heavy atom. The van der Waals surface area contributed by atoms with E-state index in [9.17, 15) is 0 Å². The van der Waals surface area contributed by atoms with Crippen LogP contribution in [0.5, 0.6) is 11.5 Å². The van der Waals surface area contributed by atoms with E-state index < -0.39 is 0 Å². The summed E-state index contributed by atoms with van der Waals surface area (Å²) < 4.78 is 13.3. The van der Waals surface area contributed by atoms with Gasteiger partial charge in [-0.1, -0.05) is 55.1 Å². The van der Waals surface area contributed by atoms with Crippen LogP contribution in [0.25, 0.3) is 0 Å². The summed E-state index contributed by atoms with van der Waals surface area (Å²) in [6.07, 6.45) is 4.46. The predicted octanol–water partition coefficient (Wildman–Crippen LogP) is 4.03. The number of para-hydroxylation sites is 1. The van der Waals surface area contributed by atoms with Crippen molar-refractivity contribution in [3.05, 3.63) is 65.5 Å². The fourth-order valence-corrected chi connectivity index (χ4v) is 3.01. The molecule has 0 saturated carbocycles. The van der Waals surface area contributed by atoms with Crippen molar-refractivity contribution >= 4 is 18.0 Å². The van der Waals surface area contributed by atoms with Gasteiger partial charge in [-0.15, -0.1) is 10.2 Å². The molecule has 0 saturated heterocycles. The Bertz CT molecular complexity index is 888. The zero-order valence-electron chi connectivity index (χ0n) is 15.6. The molecule has 0 amide bonds. The molecule has 0 fully saturated rings. The van der Waals surface area contributed by atoms with Crippen LogP contribution in [0.3, 0.4) is 0 Å². The summed E-state index contributed by atoms with van der Waals surface area (Å²) in [6.45, 7) is 2.48. The monoisotopic (exact) mass is 382 g/mol. The second-order valence-electron chi connectivity index (χ2n) is 5.67.